The third-order valence-corrected chi connectivity index (χ3v) is 5.24. The topological polar surface area (TPSA) is 46.1 Å². The van der Waals surface area contributed by atoms with Crippen molar-refractivity contribution >= 4 is 11.5 Å². The first-order valence-electron chi connectivity index (χ1n) is 10.2. The molecule has 0 amide bonds. The first-order valence-corrected chi connectivity index (χ1v) is 10.2. The summed E-state index contributed by atoms with van der Waals surface area (Å²) in [6.45, 7) is 2.75. The molecular formula is C24H31N3O2. The number of aryl methyl sites for hydroxylation is 1. The van der Waals surface area contributed by atoms with Gasteiger partial charge in [-0.3, -0.25) is 4.99 Å². The van der Waals surface area contributed by atoms with Crippen LogP contribution in [0.15, 0.2) is 59.6 Å². The van der Waals surface area contributed by atoms with Gasteiger partial charge in [0.05, 0.1) is 14.2 Å². The monoisotopic (exact) mass is 393 g/mol. The van der Waals surface area contributed by atoms with E-state index in [1.54, 1.807) is 14.2 Å². The van der Waals surface area contributed by atoms with E-state index >= 15 is 0 Å². The fourth-order valence-corrected chi connectivity index (χ4v) is 3.64. The van der Waals surface area contributed by atoms with Gasteiger partial charge in [-0.15, -0.1) is 0 Å². The molecule has 3 rings (SSSR count). The molecule has 0 aromatic heterocycles. The number of nitrogens with zero attached hydrogens (tertiary/aromatic N) is 2. The van der Waals surface area contributed by atoms with E-state index in [1.165, 1.54) is 16.7 Å². The molecule has 0 saturated heterocycles. The van der Waals surface area contributed by atoms with Crippen LogP contribution in [0.5, 0.6) is 11.5 Å². The molecule has 0 spiro atoms. The van der Waals surface area contributed by atoms with E-state index in [0.717, 1.165) is 56.4 Å². The van der Waals surface area contributed by atoms with Crippen LogP contribution in [0.2, 0.25) is 0 Å². The van der Waals surface area contributed by atoms with Crippen LogP contribution in [0.4, 0.5) is 0 Å². The van der Waals surface area contributed by atoms with Crippen molar-refractivity contribution in [2.75, 3.05) is 40.9 Å². The Bertz CT molecular complexity index is 846. The van der Waals surface area contributed by atoms with Crippen LogP contribution in [0.3, 0.4) is 0 Å². The summed E-state index contributed by atoms with van der Waals surface area (Å²) in [6.07, 6.45) is 5.35. The van der Waals surface area contributed by atoms with Crippen molar-refractivity contribution in [3.63, 3.8) is 0 Å². The molecule has 5 nitrogen and oxygen atoms in total. The summed E-state index contributed by atoms with van der Waals surface area (Å²) in [5.41, 5.74) is 3.99. The number of aliphatic imine (C=N–C) groups is 1. The number of hydrogen-bond acceptors (Lipinski definition) is 3. The number of ether oxygens (including phenoxy) is 2. The predicted octanol–water partition coefficient (Wildman–Crippen LogP) is 4.00. The maximum Gasteiger partial charge on any atom is 0.193 e. The van der Waals surface area contributed by atoms with Gasteiger partial charge in [-0.05, 0) is 48.1 Å². The Morgan fingerprint density at radius 3 is 2.52 bits per heavy atom. The molecule has 154 valence electrons. The molecule has 0 radical (unpaired) electrons. The quantitative estimate of drug-likeness (QED) is 0.439. The smallest absolute Gasteiger partial charge is 0.193 e. The maximum atomic E-state index is 5.39. The van der Waals surface area contributed by atoms with E-state index in [1.807, 2.05) is 19.2 Å². The highest BCUT2D eigenvalue weighted by Crippen LogP contribution is 2.28. The Hall–Kier alpha value is -2.95. The fourth-order valence-electron chi connectivity index (χ4n) is 3.64. The largest absolute Gasteiger partial charge is 0.493 e. The minimum atomic E-state index is 0.766. The van der Waals surface area contributed by atoms with Gasteiger partial charge < -0.3 is 19.7 Å². The second-order valence-electron chi connectivity index (χ2n) is 7.06. The van der Waals surface area contributed by atoms with E-state index in [0.29, 0.717) is 0 Å². The molecule has 2 aromatic rings. The van der Waals surface area contributed by atoms with Gasteiger partial charge in [-0.2, -0.15) is 0 Å². The highest BCUT2D eigenvalue weighted by molar-refractivity contribution is 5.81. The Kier molecular flexibility index (Phi) is 7.56. The molecule has 1 heterocycles. The molecule has 0 bridgehead atoms. The van der Waals surface area contributed by atoms with Crippen LogP contribution in [0.1, 0.15) is 24.0 Å². The maximum absolute atomic E-state index is 5.39. The number of methoxy groups -OCH3 is 2. The summed E-state index contributed by atoms with van der Waals surface area (Å²) in [6, 6.07) is 16.7. The highest BCUT2D eigenvalue weighted by Gasteiger charge is 2.15. The summed E-state index contributed by atoms with van der Waals surface area (Å²) in [5, 5.41) is 3.51. The summed E-state index contributed by atoms with van der Waals surface area (Å²) in [7, 11) is 5.18. The molecule has 1 aliphatic rings. The van der Waals surface area contributed by atoms with Crippen LogP contribution in [0.25, 0.3) is 5.57 Å². The molecule has 1 aliphatic heterocycles. The van der Waals surface area contributed by atoms with Crippen molar-refractivity contribution < 1.29 is 9.47 Å². The molecule has 5 heteroatoms. The first kappa shape index (κ1) is 20.8. The number of nitrogens with one attached hydrogen (secondary N) is 1. The Labute approximate surface area is 174 Å². The third-order valence-electron chi connectivity index (χ3n) is 5.24. The zero-order valence-electron chi connectivity index (χ0n) is 17.6. The van der Waals surface area contributed by atoms with Crippen LogP contribution in [-0.4, -0.2) is 51.8 Å². The Morgan fingerprint density at radius 1 is 1.07 bits per heavy atom. The average molecular weight is 394 g/mol. The summed E-state index contributed by atoms with van der Waals surface area (Å²) in [5.74, 6) is 2.52. The molecule has 0 aliphatic carbocycles. The lowest BCUT2D eigenvalue weighted by Gasteiger charge is -2.29. The van der Waals surface area contributed by atoms with E-state index in [2.05, 4.69) is 57.7 Å². The number of rotatable bonds is 7. The normalized spacial score (nSPS) is 14.4. The Morgan fingerprint density at radius 2 is 1.86 bits per heavy atom. The average Bonchev–Trinajstić information content (AvgIpc) is 2.79. The van der Waals surface area contributed by atoms with Crippen molar-refractivity contribution in [1.82, 2.24) is 10.2 Å². The van der Waals surface area contributed by atoms with Crippen molar-refractivity contribution in [2.24, 2.45) is 4.99 Å². The zero-order chi connectivity index (χ0) is 20.5. The fraction of sp³-hybridized carbons (Fsp3) is 0.375. The molecule has 0 fully saturated rings. The zero-order valence-corrected chi connectivity index (χ0v) is 17.6. The molecule has 0 saturated carbocycles. The van der Waals surface area contributed by atoms with Crippen molar-refractivity contribution in [2.45, 2.75) is 19.3 Å². The molecule has 0 atom stereocenters. The van der Waals surface area contributed by atoms with Crippen LogP contribution < -0.4 is 14.8 Å². The summed E-state index contributed by atoms with van der Waals surface area (Å²) < 4.78 is 10.7. The lowest BCUT2D eigenvalue weighted by Crippen LogP contribution is -2.43. The second kappa shape index (κ2) is 10.6. The van der Waals surface area contributed by atoms with E-state index in [-0.39, 0.29) is 0 Å². The standard InChI is InChI=1S/C24H31N3O2/c1-25-24(27-16-13-21(14-17-27)20-9-5-4-6-10-20)26-15-7-8-19-11-12-22(28-2)23(18-19)29-3/h4-6,9-13,18H,7-8,14-17H2,1-3H3,(H,25,26). The number of guanidine groups is 1. The minimum Gasteiger partial charge on any atom is -0.493 e. The SMILES string of the molecule is CN=C(NCCCc1ccc(OC)c(OC)c1)N1CC=C(c2ccccc2)CC1. The lowest BCUT2D eigenvalue weighted by atomic mass is 10.00. The molecular weight excluding hydrogens is 362 g/mol. The van der Waals surface area contributed by atoms with Gasteiger partial charge >= 0.3 is 0 Å². The van der Waals surface area contributed by atoms with Crippen molar-refractivity contribution in [1.29, 1.82) is 0 Å². The predicted molar refractivity (Wildman–Crippen MR) is 120 cm³/mol. The summed E-state index contributed by atoms with van der Waals surface area (Å²) in [4.78, 5) is 6.78. The third kappa shape index (κ3) is 5.53. The number of benzene rings is 2. The summed E-state index contributed by atoms with van der Waals surface area (Å²) >= 11 is 0. The molecule has 2 aromatic carbocycles. The van der Waals surface area contributed by atoms with Gasteiger partial charge in [0.2, 0.25) is 0 Å². The molecule has 0 unspecified atom stereocenters. The van der Waals surface area contributed by atoms with Gasteiger partial charge in [-0.1, -0.05) is 42.5 Å². The van der Waals surface area contributed by atoms with Crippen LogP contribution in [-0.2, 0) is 6.42 Å². The van der Waals surface area contributed by atoms with Crippen LogP contribution in [0, 0.1) is 0 Å². The van der Waals surface area contributed by atoms with Gasteiger partial charge in [0.25, 0.3) is 0 Å². The van der Waals surface area contributed by atoms with Gasteiger partial charge in [0.1, 0.15) is 0 Å². The van der Waals surface area contributed by atoms with Gasteiger partial charge in [0.15, 0.2) is 17.5 Å². The lowest BCUT2D eigenvalue weighted by molar-refractivity contribution is 0.354. The second-order valence-corrected chi connectivity index (χ2v) is 7.06. The minimum absolute atomic E-state index is 0.766. The van der Waals surface area contributed by atoms with E-state index < -0.39 is 0 Å². The van der Waals surface area contributed by atoms with E-state index in [9.17, 15) is 0 Å². The van der Waals surface area contributed by atoms with Gasteiger partial charge in [0, 0.05) is 26.7 Å². The van der Waals surface area contributed by atoms with Gasteiger partial charge in [-0.25, -0.2) is 0 Å². The van der Waals surface area contributed by atoms with Crippen LogP contribution >= 0.6 is 0 Å². The molecule has 29 heavy (non-hydrogen) atoms. The first-order chi connectivity index (χ1) is 14.2. The Balaban J connectivity index is 1.47. The van der Waals surface area contributed by atoms with Crippen molar-refractivity contribution in [3.05, 3.63) is 65.7 Å². The highest BCUT2D eigenvalue weighted by atomic mass is 16.5. The van der Waals surface area contributed by atoms with E-state index in [4.69, 9.17) is 9.47 Å². The van der Waals surface area contributed by atoms with Crippen molar-refractivity contribution in [3.8, 4) is 11.5 Å². The number of hydrogen-bond donors (Lipinski definition) is 1. The molecule has 1 N–H and O–H groups in total.